The van der Waals surface area contributed by atoms with E-state index in [2.05, 4.69) is 0 Å². The molecule has 0 aromatic heterocycles. The van der Waals surface area contributed by atoms with Gasteiger partial charge in [-0.15, -0.1) is 0 Å². The van der Waals surface area contributed by atoms with Gasteiger partial charge in [0.25, 0.3) is 0 Å². The maximum atomic E-state index is 10.6. The fourth-order valence-electron chi connectivity index (χ4n) is 0.414. The third kappa shape index (κ3) is 2.46. The van der Waals surface area contributed by atoms with Crippen LogP contribution in [-0.4, -0.2) is 31.2 Å². The molecule has 0 fully saturated rings. The van der Waals surface area contributed by atoms with E-state index >= 15 is 0 Å². The quantitative estimate of drug-likeness (QED) is 0.509. The lowest BCUT2D eigenvalue weighted by Gasteiger charge is -2.21. The molecule has 3 nitrogen and oxygen atoms in total. The molecule has 0 aliphatic heterocycles. The van der Waals surface area contributed by atoms with E-state index < -0.39 is 0 Å². The Morgan fingerprint density at radius 3 is 2.22 bits per heavy atom. The molecule has 1 atom stereocenters. The third-order valence-electron chi connectivity index (χ3n) is 1.38. The SMILES string of the molecule is COC(C)N(C)C(C)=O. The predicted molar refractivity (Wildman–Crippen MR) is 34.9 cm³/mol. The summed E-state index contributed by atoms with van der Waals surface area (Å²) in [5.74, 6) is 0.0179. The second kappa shape index (κ2) is 3.45. The summed E-state index contributed by atoms with van der Waals surface area (Å²) >= 11 is 0. The van der Waals surface area contributed by atoms with Gasteiger partial charge in [-0.2, -0.15) is 0 Å². The molecule has 3 heteroatoms. The molecule has 0 aliphatic rings. The minimum Gasteiger partial charge on any atom is -0.362 e. The van der Waals surface area contributed by atoms with Gasteiger partial charge in [0.05, 0.1) is 0 Å². The highest BCUT2D eigenvalue weighted by Gasteiger charge is 2.08. The Morgan fingerprint density at radius 2 is 2.11 bits per heavy atom. The molecular formula is C6H13NO2. The van der Waals surface area contributed by atoms with Crippen molar-refractivity contribution >= 4 is 5.91 Å². The zero-order valence-corrected chi connectivity index (χ0v) is 6.34. The van der Waals surface area contributed by atoms with Crippen LogP contribution in [0.15, 0.2) is 0 Å². The predicted octanol–water partition coefficient (Wildman–Crippen LogP) is 0.457. The molecule has 9 heavy (non-hydrogen) atoms. The van der Waals surface area contributed by atoms with Gasteiger partial charge in [0.2, 0.25) is 5.91 Å². The summed E-state index contributed by atoms with van der Waals surface area (Å²) in [6, 6.07) is 0. The van der Waals surface area contributed by atoms with Crippen molar-refractivity contribution in [2.75, 3.05) is 14.2 Å². The standard InChI is InChI=1S/C6H13NO2/c1-5(8)7(3)6(2)9-4/h6H,1-4H3. The van der Waals surface area contributed by atoms with E-state index in [1.165, 1.54) is 11.8 Å². The lowest BCUT2D eigenvalue weighted by molar-refractivity contribution is -0.137. The van der Waals surface area contributed by atoms with Gasteiger partial charge in [0, 0.05) is 21.1 Å². The maximum absolute atomic E-state index is 10.6. The number of carbonyl (C=O) groups excluding carboxylic acids is 1. The van der Waals surface area contributed by atoms with Crippen LogP contribution in [0.25, 0.3) is 0 Å². The third-order valence-corrected chi connectivity index (χ3v) is 1.38. The van der Waals surface area contributed by atoms with Crippen molar-refractivity contribution in [3.8, 4) is 0 Å². The number of hydrogen-bond donors (Lipinski definition) is 0. The number of ether oxygens (including phenoxy) is 1. The van der Waals surface area contributed by atoms with Gasteiger partial charge in [-0.1, -0.05) is 0 Å². The molecule has 0 saturated heterocycles. The molecule has 1 unspecified atom stereocenters. The molecule has 0 radical (unpaired) electrons. The first-order valence-electron chi connectivity index (χ1n) is 2.85. The van der Waals surface area contributed by atoms with E-state index in [-0.39, 0.29) is 12.1 Å². The Morgan fingerprint density at radius 1 is 1.67 bits per heavy atom. The zero-order chi connectivity index (χ0) is 7.44. The molecule has 0 bridgehead atoms. The summed E-state index contributed by atoms with van der Waals surface area (Å²) in [7, 11) is 3.28. The van der Waals surface area contributed by atoms with Gasteiger partial charge in [-0.05, 0) is 6.92 Å². The lowest BCUT2D eigenvalue weighted by Crippen LogP contribution is -2.34. The monoisotopic (exact) mass is 131 g/mol. The molecule has 0 N–H and O–H groups in total. The summed E-state index contributed by atoms with van der Waals surface area (Å²) < 4.78 is 4.88. The van der Waals surface area contributed by atoms with E-state index in [9.17, 15) is 4.79 Å². The highest BCUT2D eigenvalue weighted by Crippen LogP contribution is 1.94. The number of rotatable bonds is 2. The zero-order valence-electron chi connectivity index (χ0n) is 6.34. The summed E-state index contributed by atoms with van der Waals surface area (Å²) in [6.07, 6.45) is -0.123. The van der Waals surface area contributed by atoms with Crippen LogP contribution in [0.1, 0.15) is 13.8 Å². The van der Waals surface area contributed by atoms with Crippen LogP contribution in [0.3, 0.4) is 0 Å². The average molecular weight is 131 g/mol. The Hall–Kier alpha value is -0.570. The Labute approximate surface area is 55.6 Å². The van der Waals surface area contributed by atoms with Crippen molar-refractivity contribution in [3.05, 3.63) is 0 Å². The van der Waals surface area contributed by atoms with Gasteiger partial charge >= 0.3 is 0 Å². The minimum atomic E-state index is -0.123. The highest BCUT2D eigenvalue weighted by molar-refractivity contribution is 5.72. The van der Waals surface area contributed by atoms with Crippen LogP contribution in [0, 0.1) is 0 Å². The van der Waals surface area contributed by atoms with E-state index in [4.69, 9.17) is 4.74 Å². The molecule has 0 heterocycles. The van der Waals surface area contributed by atoms with Gasteiger partial charge in [0.1, 0.15) is 6.23 Å². The van der Waals surface area contributed by atoms with Gasteiger partial charge in [-0.3, -0.25) is 4.79 Å². The summed E-state index contributed by atoms with van der Waals surface area (Å²) in [6.45, 7) is 3.33. The van der Waals surface area contributed by atoms with Crippen LogP contribution < -0.4 is 0 Å². The fourth-order valence-corrected chi connectivity index (χ4v) is 0.414. The van der Waals surface area contributed by atoms with Crippen LogP contribution in [0.4, 0.5) is 0 Å². The average Bonchev–Trinajstić information content (AvgIpc) is 1.84. The van der Waals surface area contributed by atoms with Crippen molar-refractivity contribution in [2.24, 2.45) is 0 Å². The van der Waals surface area contributed by atoms with E-state index in [1.54, 1.807) is 14.2 Å². The Bertz CT molecular complexity index is 103. The Kier molecular flexibility index (Phi) is 3.24. The van der Waals surface area contributed by atoms with Crippen molar-refractivity contribution < 1.29 is 9.53 Å². The highest BCUT2D eigenvalue weighted by atomic mass is 16.5. The smallest absolute Gasteiger partial charge is 0.221 e. The fraction of sp³-hybridized carbons (Fsp3) is 0.833. The molecule has 0 rings (SSSR count). The van der Waals surface area contributed by atoms with Crippen molar-refractivity contribution in [2.45, 2.75) is 20.1 Å². The first-order valence-corrected chi connectivity index (χ1v) is 2.85. The Balaban J connectivity index is 3.72. The summed E-state index contributed by atoms with van der Waals surface area (Å²) in [5, 5.41) is 0. The number of amides is 1. The normalized spacial score (nSPS) is 12.9. The van der Waals surface area contributed by atoms with E-state index in [0.29, 0.717) is 0 Å². The van der Waals surface area contributed by atoms with Crippen LogP contribution in [0.2, 0.25) is 0 Å². The molecule has 54 valence electrons. The van der Waals surface area contributed by atoms with Crippen LogP contribution in [-0.2, 0) is 9.53 Å². The van der Waals surface area contributed by atoms with Crippen molar-refractivity contribution in [3.63, 3.8) is 0 Å². The molecule has 0 aromatic carbocycles. The molecule has 0 aliphatic carbocycles. The number of nitrogens with zero attached hydrogens (tertiary/aromatic N) is 1. The first-order chi connectivity index (χ1) is 4.09. The molecule has 0 aromatic rings. The van der Waals surface area contributed by atoms with Gasteiger partial charge in [-0.25, -0.2) is 0 Å². The topological polar surface area (TPSA) is 29.5 Å². The molecular weight excluding hydrogens is 118 g/mol. The van der Waals surface area contributed by atoms with Crippen molar-refractivity contribution in [1.82, 2.24) is 4.90 Å². The van der Waals surface area contributed by atoms with Crippen molar-refractivity contribution in [1.29, 1.82) is 0 Å². The second-order valence-corrected chi connectivity index (χ2v) is 1.96. The van der Waals surface area contributed by atoms with Gasteiger partial charge in [0.15, 0.2) is 0 Å². The van der Waals surface area contributed by atoms with E-state index in [0.717, 1.165) is 0 Å². The summed E-state index contributed by atoms with van der Waals surface area (Å²) in [4.78, 5) is 12.1. The maximum Gasteiger partial charge on any atom is 0.221 e. The van der Waals surface area contributed by atoms with Crippen LogP contribution in [0.5, 0.6) is 0 Å². The van der Waals surface area contributed by atoms with Crippen LogP contribution >= 0.6 is 0 Å². The van der Waals surface area contributed by atoms with E-state index in [1.807, 2.05) is 6.92 Å². The van der Waals surface area contributed by atoms with Gasteiger partial charge < -0.3 is 9.64 Å². The molecule has 0 spiro atoms. The minimum absolute atomic E-state index is 0.0179. The second-order valence-electron chi connectivity index (χ2n) is 1.96. The number of methoxy groups -OCH3 is 1. The summed E-state index contributed by atoms with van der Waals surface area (Å²) in [5.41, 5.74) is 0. The molecule has 0 saturated carbocycles. The molecule has 1 amide bonds. The largest absolute Gasteiger partial charge is 0.362 e. The number of carbonyl (C=O) groups is 1. The number of hydrogen-bond acceptors (Lipinski definition) is 2. The first kappa shape index (κ1) is 8.43. The lowest BCUT2D eigenvalue weighted by atomic mass is 10.5.